The molecule has 2 saturated heterocycles. The van der Waals surface area contributed by atoms with Crippen molar-refractivity contribution < 1.29 is 9.59 Å². The Labute approximate surface area is 136 Å². The number of urea groups is 1. The van der Waals surface area contributed by atoms with E-state index in [4.69, 9.17) is 0 Å². The fourth-order valence-electron chi connectivity index (χ4n) is 2.98. The summed E-state index contributed by atoms with van der Waals surface area (Å²) in [7, 11) is 0. The topological polar surface area (TPSA) is 73.5 Å². The van der Waals surface area contributed by atoms with Gasteiger partial charge in [0.2, 0.25) is 5.91 Å². The molecule has 2 aliphatic heterocycles. The highest BCUT2D eigenvalue weighted by molar-refractivity contribution is 5.90. The van der Waals surface area contributed by atoms with Crippen molar-refractivity contribution >= 4 is 17.6 Å². The number of hydrogen-bond acceptors (Lipinski definition) is 3. The Morgan fingerprint density at radius 3 is 2.70 bits per heavy atom. The number of carbonyl (C=O) groups excluding carboxylic acids is 2. The number of anilines is 1. The van der Waals surface area contributed by atoms with Gasteiger partial charge in [0.25, 0.3) is 0 Å². The van der Waals surface area contributed by atoms with Gasteiger partial charge in [0.15, 0.2) is 0 Å². The highest BCUT2D eigenvalue weighted by Gasteiger charge is 2.29. The molecule has 0 aliphatic carbocycles. The van der Waals surface area contributed by atoms with E-state index in [9.17, 15) is 9.59 Å². The minimum Gasteiger partial charge on any atom is -0.355 e. The molecule has 1 atom stereocenters. The molecular weight excluding hydrogens is 292 g/mol. The van der Waals surface area contributed by atoms with Crippen LogP contribution in [-0.4, -0.2) is 49.6 Å². The van der Waals surface area contributed by atoms with Crippen LogP contribution in [0.4, 0.5) is 10.5 Å². The van der Waals surface area contributed by atoms with Crippen LogP contribution >= 0.6 is 0 Å². The third kappa shape index (κ3) is 4.22. The summed E-state index contributed by atoms with van der Waals surface area (Å²) in [5.41, 5.74) is 0.779. The Bertz CT molecular complexity index is 545. The van der Waals surface area contributed by atoms with E-state index in [-0.39, 0.29) is 17.9 Å². The van der Waals surface area contributed by atoms with E-state index in [1.807, 2.05) is 30.3 Å². The van der Waals surface area contributed by atoms with Gasteiger partial charge in [-0.25, -0.2) is 4.79 Å². The third-order valence-electron chi connectivity index (χ3n) is 4.54. The van der Waals surface area contributed by atoms with E-state index in [2.05, 4.69) is 16.0 Å². The summed E-state index contributed by atoms with van der Waals surface area (Å²) >= 11 is 0. The fraction of sp³-hybridized carbons (Fsp3) is 0.529. The lowest BCUT2D eigenvalue weighted by Gasteiger charge is -2.33. The molecule has 0 aromatic heterocycles. The lowest BCUT2D eigenvalue weighted by Crippen LogP contribution is -2.51. The quantitative estimate of drug-likeness (QED) is 0.783. The van der Waals surface area contributed by atoms with Crippen molar-refractivity contribution in [2.45, 2.75) is 12.8 Å². The van der Waals surface area contributed by atoms with Gasteiger partial charge in [-0.05, 0) is 25.0 Å². The smallest absolute Gasteiger partial charge is 0.321 e. The molecule has 0 spiro atoms. The number of likely N-dealkylation sites (tertiary alicyclic amines) is 1. The van der Waals surface area contributed by atoms with Crippen molar-refractivity contribution in [3.05, 3.63) is 30.3 Å². The first-order valence-electron chi connectivity index (χ1n) is 8.32. The van der Waals surface area contributed by atoms with Crippen molar-refractivity contribution in [1.29, 1.82) is 0 Å². The maximum atomic E-state index is 12.3. The standard InChI is InChI=1S/C17H24N4O2/c22-16(19-11-13-9-18-10-13)14-5-4-8-21(12-14)17(23)20-15-6-2-1-3-7-15/h1-3,6-7,13-14,18H,4-5,8-12H2,(H,19,22)(H,20,23). The zero-order valence-electron chi connectivity index (χ0n) is 13.3. The molecule has 6 heteroatoms. The summed E-state index contributed by atoms with van der Waals surface area (Å²) in [6.07, 6.45) is 1.72. The molecule has 2 aliphatic rings. The summed E-state index contributed by atoms with van der Waals surface area (Å²) in [4.78, 5) is 26.4. The van der Waals surface area contributed by atoms with Crippen LogP contribution in [0.3, 0.4) is 0 Å². The van der Waals surface area contributed by atoms with Crippen LogP contribution in [0.2, 0.25) is 0 Å². The fourth-order valence-corrected chi connectivity index (χ4v) is 2.98. The molecule has 2 fully saturated rings. The molecule has 23 heavy (non-hydrogen) atoms. The van der Waals surface area contributed by atoms with Gasteiger partial charge < -0.3 is 20.9 Å². The number of amides is 3. The molecule has 124 valence electrons. The number of para-hydroxylation sites is 1. The molecule has 3 amide bonds. The van der Waals surface area contributed by atoms with E-state index < -0.39 is 0 Å². The average Bonchev–Trinajstić information content (AvgIpc) is 2.54. The molecule has 6 nitrogen and oxygen atoms in total. The second-order valence-corrected chi connectivity index (χ2v) is 6.35. The van der Waals surface area contributed by atoms with Gasteiger partial charge in [-0.1, -0.05) is 18.2 Å². The van der Waals surface area contributed by atoms with E-state index in [1.54, 1.807) is 4.90 Å². The third-order valence-corrected chi connectivity index (χ3v) is 4.54. The number of nitrogens with one attached hydrogen (secondary N) is 3. The second-order valence-electron chi connectivity index (χ2n) is 6.35. The minimum atomic E-state index is -0.128. The van der Waals surface area contributed by atoms with Gasteiger partial charge >= 0.3 is 6.03 Å². The lowest BCUT2D eigenvalue weighted by atomic mass is 9.96. The highest BCUT2D eigenvalue weighted by Crippen LogP contribution is 2.18. The van der Waals surface area contributed by atoms with Gasteiger partial charge in [-0.3, -0.25) is 4.79 Å². The highest BCUT2D eigenvalue weighted by atomic mass is 16.2. The van der Waals surface area contributed by atoms with E-state index >= 15 is 0 Å². The SMILES string of the molecule is O=C(NCC1CNC1)C1CCCN(C(=O)Nc2ccccc2)C1. The van der Waals surface area contributed by atoms with Crippen LogP contribution in [0, 0.1) is 11.8 Å². The Balaban J connectivity index is 1.48. The summed E-state index contributed by atoms with van der Waals surface area (Å²) in [5, 5.41) is 9.11. The molecule has 0 saturated carbocycles. The Hall–Kier alpha value is -2.08. The van der Waals surface area contributed by atoms with Crippen molar-refractivity contribution in [2.24, 2.45) is 11.8 Å². The molecular formula is C17H24N4O2. The van der Waals surface area contributed by atoms with Crippen molar-refractivity contribution in [2.75, 3.05) is 38.0 Å². The molecule has 1 aromatic carbocycles. The van der Waals surface area contributed by atoms with E-state index in [0.29, 0.717) is 19.0 Å². The lowest BCUT2D eigenvalue weighted by molar-refractivity contribution is -0.126. The Morgan fingerprint density at radius 1 is 1.22 bits per heavy atom. The van der Waals surface area contributed by atoms with Crippen LogP contribution in [-0.2, 0) is 4.79 Å². The number of benzene rings is 1. The number of nitrogens with zero attached hydrogens (tertiary/aromatic N) is 1. The first kappa shape index (κ1) is 15.8. The van der Waals surface area contributed by atoms with Crippen molar-refractivity contribution in [3.8, 4) is 0 Å². The number of rotatable bonds is 4. The van der Waals surface area contributed by atoms with Gasteiger partial charge in [0.1, 0.15) is 0 Å². The second kappa shape index (κ2) is 7.46. The predicted molar refractivity (Wildman–Crippen MR) is 89.1 cm³/mol. The van der Waals surface area contributed by atoms with Crippen molar-refractivity contribution in [1.82, 2.24) is 15.5 Å². The zero-order valence-corrected chi connectivity index (χ0v) is 13.3. The number of piperidine rings is 1. The van der Waals surface area contributed by atoms with Gasteiger partial charge in [0, 0.05) is 44.3 Å². The molecule has 3 N–H and O–H groups in total. The molecule has 0 radical (unpaired) electrons. The first-order chi connectivity index (χ1) is 11.2. The van der Waals surface area contributed by atoms with Crippen LogP contribution in [0.25, 0.3) is 0 Å². The van der Waals surface area contributed by atoms with Gasteiger partial charge in [-0.2, -0.15) is 0 Å². The zero-order chi connectivity index (χ0) is 16.1. The van der Waals surface area contributed by atoms with Gasteiger partial charge in [-0.15, -0.1) is 0 Å². The normalized spacial score (nSPS) is 21.4. The summed E-state index contributed by atoms with van der Waals surface area (Å²) < 4.78 is 0. The summed E-state index contributed by atoms with van der Waals surface area (Å²) in [6.45, 7) is 3.90. The summed E-state index contributed by atoms with van der Waals surface area (Å²) in [5.74, 6) is 0.535. The Kier molecular flexibility index (Phi) is 5.12. The molecule has 1 unspecified atom stereocenters. The van der Waals surface area contributed by atoms with Crippen LogP contribution < -0.4 is 16.0 Å². The van der Waals surface area contributed by atoms with Gasteiger partial charge in [0.05, 0.1) is 5.92 Å². The first-order valence-corrected chi connectivity index (χ1v) is 8.32. The average molecular weight is 316 g/mol. The molecule has 2 heterocycles. The van der Waals surface area contributed by atoms with E-state index in [0.717, 1.165) is 38.2 Å². The van der Waals surface area contributed by atoms with Crippen LogP contribution in [0.5, 0.6) is 0 Å². The van der Waals surface area contributed by atoms with Crippen molar-refractivity contribution in [3.63, 3.8) is 0 Å². The number of carbonyl (C=O) groups is 2. The molecule has 3 rings (SSSR count). The van der Waals surface area contributed by atoms with Crippen LogP contribution in [0.1, 0.15) is 12.8 Å². The maximum Gasteiger partial charge on any atom is 0.321 e. The predicted octanol–water partition coefficient (Wildman–Crippen LogP) is 1.27. The van der Waals surface area contributed by atoms with Crippen LogP contribution in [0.15, 0.2) is 30.3 Å². The Morgan fingerprint density at radius 2 is 2.00 bits per heavy atom. The maximum absolute atomic E-state index is 12.3. The molecule has 0 bridgehead atoms. The monoisotopic (exact) mass is 316 g/mol. The molecule has 1 aromatic rings. The number of hydrogen-bond donors (Lipinski definition) is 3. The minimum absolute atomic E-state index is 0.0779. The summed E-state index contributed by atoms with van der Waals surface area (Å²) in [6, 6.07) is 9.28. The largest absolute Gasteiger partial charge is 0.355 e. The van der Waals surface area contributed by atoms with E-state index in [1.165, 1.54) is 0 Å².